The van der Waals surface area contributed by atoms with E-state index in [4.69, 9.17) is 9.47 Å². The highest BCUT2D eigenvalue weighted by Crippen LogP contribution is 2.43. The Bertz CT molecular complexity index is 2530. The summed E-state index contributed by atoms with van der Waals surface area (Å²) in [6.07, 6.45) is 0.849. The first-order chi connectivity index (χ1) is 30.8. The number of hydrogen-bond donors (Lipinski definition) is 5. The lowest BCUT2D eigenvalue weighted by Gasteiger charge is -2.38. The van der Waals surface area contributed by atoms with Gasteiger partial charge in [0.05, 0.1) is 17.2 Å². The monoisotopic (exact) mass is 961 g/mol. The van der Waals surface area contributed by atoms with Gasteiger partial charge in [0.25, 0.3) is 37.8 Å². The summed E-state index contributed by atoms with van der Waals surface area (Å²) < 4.78 is 66.7. The van der Waals surface area contributed by atoms with Crippen LogP contribution in [0.25, 0.3) is 11.6 Å². The normalized spacial score (nSPS) is 16.8. The summed E-state index contributed by atoms with van der Waals surface area (Å²) in [6.45, 7) is 13.8. The first-order valence-electron chi connectivity index (χ1n) is 21.5. The zero-order valence-corrected chi connectivity index (χ0v) is 40.2. The Morgan fingerprint density at radius 2 is 1.77 bits per heavy atom. The molecule has 2 aliphatic heterocycles. The maximum atomic E-state index is 13.8. The minimum absolute atomic E-state index is 0.0127. The van der Waals surface area contributed by atoms with Crippen LogP contribution in [-0.4, -0.2) is 136 Å². The first-order valence-corrected chi connectivity index (χ1v) is 25.3. The summed E-state index contributed by atoms with van der Waals surface area (Å²) in [4.78, 5) is 72.1. The number of carbonyl (C=O) groups is 5. The van der Waals surface area contributed by atoms with Gasteiger partial charge in [-0.05, 0) is 96.0 Å². The van der Waals surface area contributed by atoms with Crippen LogP contribution in [0.15, 0.2) is 32.7 Å². The largest absolute Gasteiger partial charge is 0.427 e. The van der Waals surface area contributed by atoms with Gasteiger partial charge < -0.3 is 40.0 Å². The van der Waals surface area contributed by atoms with E-state index in [-0.39, 0.29) is 85.2 Å². The van der Waals surface area contributed by atoms with E-state index in [1.165, 1.54) is 16.3 Å². The summed E-state index contributed by atoms with van der Waals surface area (Å²) in [5, 5.41) is 15.4. The third-order valence-corrected chi connectivity index (χ3v) is 16.7. The van der Waals surface area contributed by atoms with Crippen molar-refractivity contribution in [1.82, 2.24) is 29.1 Å². The number of ether oxygens (including phenoxy) is 2. The van der Waals surface area contributed by atoms with E-state index < -0.39 is 48.3 Å². The van der Waals surface area contributed by atoms with Gasteiger partial charge in [0.2, 0.25) is 5.91 Å². The number of nitrogens with zero attached hydrogens (tertiary/aromatic N) is 3. The average Bonchev–Trinajstić information content (AvgIpc) is 3.93. The minimum atomic E-state index is -4.57. The van der Waals surface area contributed by atoms with Gasteiger partial charge in [-0.25, -0.2) is 21.6 Å². The van der Waals surface area contributed by atoms with Gasteiger partial charge in [-0.3, -0.25) is 24.0 Å². The number of H-pyrrole nitrogens is 1. The molecule has 4 amide bonds. The first kappa shape index (κ1) is 51.0. The van der Waals surface area contributed by atoms with Crippen molar-refractivity contribution in [2.75, 3.05) is 64.8 Å². The van der Waals surface area contributed by atoms with E-state index in [0.29, 0.717) is 63.6 Å². The van der Waals surface area contributed by atoms with Gasteiger partial charge in [-0.15, -0.1) is 11.3 Å². The molecule has 65 heavy (non-hydrogen) atoms. The number of aliphatic hydroxyl groups excluding tert-OH is 1. The second-order valence-corrected chi connectivity index (χ2v) is 20.8. The highest BCUT2D eigenvalue weighted by molar-refractivity contribution is 7.94. The number of methoxy groups -OCH3 is 1. The molecule has 2 aromatic heterocycles. The molecule has 5 N–H and O–H groups in total. The third kappa shape index (κ3) is 11.9. The molecule has 0 saturated carbocycles. The quantitative estimate of drug-likeness (QED) is 0.0419. The van der Waals surface area contributed by atoms with E-state index in [2.05, 4.69) is 34.4 Å². The summed E-state index contributed by atoms with van der Waals surface area (Å²) in [6, 6.07) is 5.06. The molecule has 0 saturated heterocycles. The number of fused-ring (bicyclic) bond motifs is 2. The minimum Gasteiger partial charge on any atom is -0.427 e. The predicted octanol–water partition coefficient (Wildman–Crippen LogP) is 3.54. The smallest absolute Gasteiger partial charge is 0.311 e. The zero-order chi connectivity index (χ0) is 47.8. The Labute approximate surface area is 384 Å². The second kappa shape index (κ2) is 22.0. The summed E-state index contributed by atoms with van der Waals surface area (Å²) >= 11 is 0.454. The molecule has 4 heterocycles. The van der Waals surface area contributed by atoms with E-state index >= 15 is 0 Å². The van der Waals surface area contributed by atoms with Crippen LogP contribution in [0, 0.1) is 13.8 Å². The molecule has 5 rings (SSSR count). The van der Waals surface area contributed by atoms with Crippen molar-refractivity contribution in [1.29, 1.82) is 0 Å². The Balaban J connectivity index is 1.23. The second-order valence-electron chi connectivity index (χ2n) is 15.7. The molecule has 356 valence electrons. The molecule has 0 unspecified atom stereocenters. The number of anilines is 1. The number of aromatic amines is 1. The van der Waals surface area contributed by atoms with Crippen LogP contribution in [0.3, 0.4) is 0 Å². The predicted molar refractivity (Wildman–Crippen MR) is 244 cm³/mol. The molecule has 0 bridgehead atoms. The van der Waals surface area contributed by atoms with Gasteiger partial charge in [0.15, 0.2) is 0 Å². The number of aryl methyl sites for hydroxylation is 1. The fourth-order valence-electron chi connectivity index (χ4n) is 7.75. The fraction of sp³-hybridized carbons (Fsp3) is 0.512. The van der Waals surface area contributed by atoms with Crippen LogP contribution >= 0.6 is 11.3 Å². The third-order valence-electron chi connectivity index (χ3n) is 11.3. The van der Waals surface area contributed by atoms with Crippen molar-refractivity contribution < 1.29 is 55.4 Å². The van der Waals surface area contributed by atoms with Crippen molar-refractivity contribution in [2.45, 2.75) is 94.2 Å². The highest BCUT2D eigenvalue weighted by atomic mass is 32.3. The fourth-order valence-corrected chi connectivity index (χ4v) is 12.7. The van der Waals surface area contributed by atoms with Crippen molar-refractivity contribution >= 4 is 78.3 Å². The van der Waals surface area contributed by atoms with Crippen LogP contribution < -0.4 is 20.1 Å². The molecular formula is C43H59N7O12S3. The molecule has 0 fully saturated rings. The molecule has 2 atom stereocenters. The van der Waals surface area contributed by atoms with Crippen molar-refractivity contribution in [3.63, 3.8) is 0 Å². The van der Waals surface area contributed by atoms with Gasteiger partial charge in [0.1, 0.15) is 20.3 Å². The Morgan fingerprint density at radius 3 is 2.43 bits per heavy atom. The zero-order valence-electron chi connectivity index (χ0n) is 37.7. The molecule has 19 nitrogen and oxygen atoms in total. The van der Waals surface area contributed by atoms with Crippen LogP contribution in [-0.2, 0) is 44.0 Å². The number of esters is 1. The number of carbonyl (C=O) groups excluding carboxylic acids is 5. The molecule has 2 aliphatic rings. The maximum Gasteiger partial charge on any atom is 0.311 e. The van der Waals surface area contributed by atoms with E-state index in [0.717, 1.165) is 32.6 Å². The number of aliphatic hydroxyl groups is 1. The lowest BCUT2D eigenvalue weighted by atomic mass is 10.0. The van der Waals surface area contributed by atoms with Crippen molar-refractivity contribution in [2.24, 2.45) is 0 Å². The van der Waals surface area contributed by atoms with Gasteiger partial charge in [-0.2, -0.15) is 4.31 Å². The summed E-state index contributed by atoms with van der Waals surface area (Å²) in [5.41, 5.74) is 3.89. The molecule has 3 aromatic rings. The number of unbranched alkanes of at least 4 members (excludes halogenated alkanes) is 1. The topological polar surface area (TPSA) is 254 Å². The van der Waals surface area contributed by atoms with Crippen LogP contribution in [0.1, 0.15) is 104 Å². The molecule has 0 spiro atoms. The average molecular weight is 962 g/mol. The van der Waals surface area contributed by atoms with E-state index in [9.17, 15) is 45.9 Å². The number of rotatable bonds is 22. The Hall–Kier alpha value is -4.97. The number of hydrogen-bond acceptors (Lipinski definition) is 14. The number of thiophene rings is 1. The summed E-state index contributed by atoms with van der Waals surface area (Å²) in [7, 11) is -7.29. The highest BCUT2D eigenvalue weighted by Gasteiger charge is 2.43. The number of aromatic nitrogens is 1. The molecule has 1 aromatic carbocycles. The SMILES string of the molecule is CCN(CC)CCNC(=O)c1c(C)[nH]c(/C=C2\C(=O)Nc3ccc(OC(=O)CCCCC(=O)N(CC)[C@H]4CN(CCCOC)S(=O)(=O)c5sc(S(=O)(=O)NC(=O)[C@H](C)O)cc54)cc32)c1C. The number of likely N-dealkylation sites (N-methyl/N-ethyl adjacent to an activating group) is 2. The van der Waals surface area contributed by atoms with Crippen LogP contribution in [0.5, 0.6) is 5.75 Å². The maximum absolute atomic E-state index is 13.8. The lowest BCUT2D eigenvalue weighted by Crippen LogP contribution is -2.47. The number of amides is 4. The Morgan fingerprint density at radius 1 is 1.06 bits per heavy atom. The van der Waals surface area contributed by atoms with Crippen LogP contribution in [0.2, 0.25) is 0 Å². The lowest BCUT2D eigenvalue weighted by molar-refractivity contribution is -0.136. The number of benzene rings is 1. The molecule has 22 heteroatoms. The molecular weight excluding hydrogens is 903 g/mol. The van der Waals surface area contributed by atoms with Gasteiger partial charge in [-0.1, -0.05) is 13.8 Å². The Kier molecular flexibility index (Phi) is 17.3. The number of nitrogens with one attached hydrogen (secondary N) is 4. The molecule has 0 aliphatic carbocycles. The van der Waals surface area contributed by atoms with Gasteiger partial charge in [0, 0.05) is 87.5 Å². The number of sulfonamides is 2. The van der Waals surface area contributed by atoms with Gasteiger partial charge >= 0.3 is 5.97 Å². The molecule has 0 radical (unpaired) electrons. The van der Waals surface area contributed by atoms with E-state index in [1.807, 2.05) is 6.92 Å². The summed E-state index contributed by atoms with van der Waals surface area (Å²) in [5.74, 6) is -2.47. The van der Waals surface area contributed by atoms with Crippen molar-refractivity contribution in [3.05, 3.63) is 57.9 Å². The standard InChI is InChI=1S/C43H59N7O12S3/c1-8-48(9-2)20-18-44-42(56)39-26(4)34(45-27(39)5)23-31-30-22-29(16-17-33(30)46-41(31)55)62-37(53)15-12-11-14-36(52)50(10-3)35-25-49(19-13-21-61-7)65(59,60)43-32(35)24-38(63-43)64(57,58)47-40(54)28(6)51/h16-17,22-24,28,35,45,51H,8-15,18-21,25H2,1-7H3,(H,44,56)(H,46,55)(H,47,54)/b31-23-/t28-,35-/m0/s1. The van der Waals surface area contributed by atoms with Crippen LogP contribution in [0.4, 0.5) is 5.69 Å². The van der Waals surface area contributed by atoms with E-state index in [1.54, 1.807) is 42.8 Å². The van der Waals surface area contributed by atoms with Crippen molar-refractivity contribution in [3.8, 4) is 5.75 Å².